The topological polar surface area (TPSA) is 114 Å². The Balaban J connectivity index is 1.78. The van der Waals surface area contributed by atoms with Gasteiger partial charge in [-0.15, -0.1) is 0 Å². The van der Waals surface area contributed by atoms with Gasteiger partial charge in [0.15, 0.2) is 6.10 Å². The summed E-state index contributed by atoms with van der Waals surface area (Å²) < 4.78 is 33.6. The van der Waals surface area contributed by atoms with Crippen LogP contribution in [0.15, 0.2) is 47.4 Å². The summed E-state index contributed by atoms with van der Waals surface area (Å²) in [6, 6.07) is 10.3. The third-order valence-electron chi connectivity index (χ3n) is 4.83. The number of aryl methyl sites for hydroxylation is 1. The first-order valence-corrected chi connectivity index (χ1v) is 11.5. The highest BCUT2D eigenvalue weighted by atomic mass is 32.2. The summed E-state index contributed by atoms with van der Waals surface area (Å²) in [6.45, 7) is 7.33. The number of ether oxygens (including phenoxy) is 1. The van der Waals surface area contributed by atoms with Crippen LogP contribution in [0.3, 0.4) is 0 Å². The van der Waals surface area contributed by atoms with E-state index in [1.54, 1.807) is 37.3 Å². The molecule has 0 unspecified atom stereocenters. The van der Waals surface area contributed by atoms with Gasteiger partial charge in [0.25, 0.3) is 5.91 Å². The van der Waals surface area contributed by atoms with Crippen LogP contribution in [-0.2, 0) is 19.6 Å². The van der Waals surface area contributed by atoms with Crippen molar-refractivity contribution in [3.63, 3.8) is 0 Å². The number of amides is 2. The van der Waals surface area contributed by atoms with Gasteiger partial charge in [-0.05, 0) is 56.5 Å². The highest BCUT2D eigenvalue weighted by Crippen LogP contribution is 2.32. The largest absolute Gasteiger partial charge is 0.479 e. The number of hydrogen-bond acceptors (Lipinski definition) is 5. The molecule has 3 rings (SSSR count). The van der Waals surface area contributed by atoms with E-state index in [2.05, 4.69) is 15.4 Å². The molecule has 1 heterocycles. The van der Waals surface area contributed by atoms with Crippen LogP contribution in [0.1, 0.15) is 32.8 Å². The maximum Gasteiger partial charge on any atom is 0.265 e. The van der Waals surface area contributed by atoms with Crippen molar-refractivity contribution in [3.05, 3.63) is 48.0 Å². The second-order valence-corrected chi connectivity index (χ2v) is 9.78. The molecule has 166 valence electrons. The van der Waals surface area contributed by atoms with Crippen molar-refractivity contribution in [2.75, 3.05) is 10.6 Å². The fraction of sp³-hybridized carbons (Fsp3) is 0.364. The summed E-state index contributed by atoms with van der Waals surface area (Å²) in [7, 11) is -3.87. The van der Waals surface area contributed by atoms with Gasteiger partial charge in [0, 0.05) is 5.69 Å². The molecule has 0 radical (unpaired) electrons. The molecule has 0 aromatic heterocycles. The van der Waals surface area contributed by atoms with E-state index in [1.807, 2.05) is 20.8 Å². The Morgan fingerprint density at radius 1 is 1.16 bits per heavy atom. The Bertz CT molecular complexity index is 1080. The minimum Gasteiger partial charge on any atom is -0.479 e. The highest BCUT2D eigenvalue weighted by Gasteiger charge is 2.28. The molecule has 2 aromatic rings. The van der Waals surface area contributed by atoms with E-state index < -0.39 is 28.1 Å². The molecule has 8 nitrogen and oxygen atoms in total. The van der Waals surface area contributed by atoms with Crippen LogP contribution in [0.4, 0.5) is 11.4 Å². The first-order valence-electron chi connectivity index (χ1n) is 10.1. The van der Waals surface area contributed by atoms with Gasteiger partial charge in [-0.1, -0.05) is 31.5 Å². The molecule has 0 spiro atoms. The zero-order valence-electron chi connectivity index (χ0n) is 17.9. The molecule has 1 aliphatic heterocycles. The lowest BCUT2D eigenvalue weighted by Crippen LogP contribution is -2.44. The Labute approximate surface area is 182 Å². The fourth-order valence-electron chi connectivity index (χ4n) is 3.17. The molecule has 9 heteroatoms. The van der Waals surface area contributed by atoms with E-state index in [4.69, 9.17) is 4.74 Å². The van der Waals surface area contributed by atoms with Gasteiger partial charge in [-0.2, -0.15) is 4.72 Å². The van der Waals surface area contributed by atoms with Crippen LogP contribution >= 0.6 is 0 Å². The fourth-order valence-corrected chi connectivity index (χ4v) is 4.38. The van der Waals surface area contributed by atoms with E-state index in [9.17, 15) is 18.0 Å². The van der Waals surface area contributed by atoms with Crippen molar-refractivity contribution in [3.8, 4) is 5.75 Å². The molecule has 0 aliphatic carbocycles. The molecule has 2 aromatic carbocycles. The molecule has 2 amide bonds. The van der Waals surface area contributed by atoms with Crippen LogP contribution in [0.5, 0.6) is 5.75 Å². The van der Waals surface area contributed by atoms with Gasteiger partial charge in [-0.25, -0.2) is 8.42 Å². The minimum atomic E-state index is -3.87. The number of benzene rings is 2. The van der Waals surface area contributed by atoms with E-state index in [1.165, 1.54) is 12.1 Å². The number of fused-ring (bicyclic) bond motifs is 1. The summed E-state index contributed by atoms with van der Waals surface area (Å²) in [5, 5.41) is 5.46. The summed E-state index contributed by atoms with van der Waals surface area (Å²) in [5.41, 5.74) is 1.81. The average molecular weight is 446 g/mol. The lowest BCUT2D eigenvalue weighted by molar-refractivity contribution is -0.122. The Hall–Kier alpha value is -2.91. The van der Waals surface area contributed by atoms with Crippen LogP contribution in [0, 0.1) is 12.8 Å². The average Bonchev–Trinajstić information content (AvgIpc) is 2.68. The van der Waals surface area contributed by atoms with Gasteiger partial charge in [0.05, 0.1) is 10.6 Å². The molecule has 31 heavy (non-hydrogen) atoms. The molecule has 0 bridgehead atoms. The number of carbonyl (C=O) groups is 2. The number of sulfonamides is 1. The predicted molar refractivity (Wildman–Crippen MR) is 119 cm³/mol. The summed E-state index contributed by atoms with van der Waals surface area (Å²) >= 11 is 0. The van der Waals surface area contributed by atoms with E-state index in [0.29, 0.717) is 23.5 Å². The zero-order valence-corrected chi connectivity index (χ0v) is 18.7. The first kappa shape index (κ1) is 22.8. The van der Waals surface area contributed by atoms with Gasteiger partial charge in [0.2, 0.25) is 15.9 Å². The van der Waals surface area contributed by atoms with Gasteiger partial charge in [-0.3, -0.25) is 9.59 Å². The van der Waals surface area contributed by atoms with Crippen molar-refractivity contribution in [2.45, 2.75) is 51.2 Å². The first-order chi connectivity index (χ1) is 14.5. The number of rotatable bonds is 7. The monoisotopic (exact) mass is 445 g/mol. The van der Waals surface area contributed by atoms with Crippen molar-refractivity contribution < 1.29 is 22.7 Å². The van der Waals surface area contributed by atoms with Crippen LogP contribution < -0.4 is 20.1 Å². The van der Waals surface area contributed by atoms with Crippen molar-refractivity contribution in [1.82, 2.24) is 4.72 Å². The minimum absolute atomic E-state index is 0.0779. The highest BCUT2D eigenvalue weighted by molar-refractivity contribution is 7.89. The second kappa shape index (κ2) is 9.07. The number of hydrogen-bond donors (Lipinski definition) is 3. The summed E-state index contributed by atoms with van der Waals surface area (Å²) in [5.74, 6) is -0.182. The smallest absolute Gasteiger partial charge is 0.265 e. The van der Waals surface area contributed by atoms with Crippen LogP contribution in [0.25, 0.3) is 0 Å². The molecule has 0 saturated heterocycles. The maximum atomic E-state index is 12.9. The summed E-state index contributed by atoms with van der Waals surface area (Å²) in [6.07, 6.45) is -0.279. The second-order valence-electron chi connectivity index (χ2n) is 8.07. The van der Waals surface area contributed by atoms with Crippen LogP contribution in [0.2, 0.25) is 0 Å². The number of nitrogens with one attached hydrogen (secondary N) is 3. The third kappa shape index (κ3) is 5.62. The Morgan fingerprint density at radius 2 is 1.84 bits per heavy atom. The van der Waals surface area contributed by atoms with Gasteiger partial charge >= 0.3 is 0 Å². The number of anilines is 2. The van der Waals surface area contributed by atoms with Gasteiger partial charge in [0.1, 0.15) is 11.8 Å². The molecule has 1 aliphatic rings. The third-order valence-corrected chi connectivity index (χ3v) is 6.32. The van der Waals surface area contributed by atoms with Crippen molar-refractivity contribution >= 4 is 33.2 Å². The Morgan fingerprint density at radius 3 is 2.48 bits per heavy atom. The van der Waals surface area contributed by atoms with E-state index in [-0.39, 0.29) is 16.7 Å². The molecule has 0 fully saturated rings. The van der Waals surface area contributed by atoms with E-state index >= 15 is 0 Å². The van der Waals surface area contributed by atoms with Crippen molar-refractivity contribution in [1.29, 1.82) is 0 Å². The quantitative estimate of drug-likeness (QED) is 0.606. The summed E-state index contributed by atoms with van der Waals surface area (Å²) in [4.78, 5) is 24.9. The SMILES string of the molecule is Cc1ccc(S(=O)(=O)N[C@@H](CC(C)C)C(=O)Nc2ccc3c(c2)NC(=O)[C@H](C)O3)cc1. The van der Waals surface area contributed by atoms with Crippen molar-refractivity contribution in [2.24, 2.45) is 5.92 Å². The molecular formula is C22H27N3O5S. The number of carbonyl (C=O) groups excluding carboxylic acids is 2. The molecule has 2 atom stereocenters. The lowest BCUT2D eigenvalue weighted by atomic mass is 10.0. The lowest BCUT2D eigenvalue weighted by Gasteiger charge is -2.24. The molecule has 3 N–H and O–H groups in total. The maximum absolute atomic E-state index is 12.9. The zero-order chi connectivity index (χ0) is 22.8. The van der Waals surface area contributed by atoms with E-state index in [0.717, 1.165) is 5.56 Å². The molecule has 0 saturated carbocycles. The van der Waals surface area contributed by atoms with Crippen LogP contribution in [-0.4, -0.2) is 32.4 Å². The predicted octanol–water partition coefficient (Wildman–Crippen LogP) is 3.05. The normalized spacial score (nSPS) is 16.8. The standard InChI is InChI=1S/C22H27N3O5S/c1-13(2)11-19(25-31(28,29)17-8-5-14(3)6-9-17)22(27)23-16-7-10-20-18(12-16)24-21(26)15(4)30-20/h5-10,12-13,15,19,25H,11H2,1-4H3,(H,23,27)(H,24,26)/t15-,19-/m0/s1. The van der Waals surface area contributed by atoms with Gasteiger partial charge < -0.3 is 15.4 Å². The Kier molecular flexibility index (Phi) is 6.66. The molecular weight excluding hydrogens is 418 g/mol.